The van der Waals surface area contributed by atoms with Crippen LogP contribution in [0.5, 0.6) is 0 Å². The summed E-state index contributed by atoms with van der Waals surface area (Å²) in [6.07, 6.45) is 1.54. The number of amides is 1. The zero-order valence-electron chi connectivity index (χ0n) is 11.5. The van der Waals surface area contributed by atoms with Crippen molar-refractivity contribution in [2.24, 2.45) is 5.10 Å². The van der Waals surface area contributed by atoms with Crippen LogP contribution in [0.3, 0.4) is 0 Å². The van der Waals surface area contributed by atoms with Gasteiger partial charge >= 0.3 is 5.91 Å². The SMILES string of the molecule is O=C(NN=Cc1ccc(Cl)cc1)c1cc2cc(Br)cc(I)c2o1. The Labute approximate surface area is 159 Å². The first kappa shape index (κ1) is 16.5. The number of rotatable bonds is 3. The van der Waals surface area contributed by atoms with Crippen LogP contribution in [0.15, 0.2) is 56.5 Å². The van der Waals surface area contributed by atoms with E-state index in [4.69, 9.17) is 16.0 Å². The molecule has 1 aromatic heterocycles. The van der Waals surface area contributed by atoms with Crippen molar-refractivity contribution in [3.8, 4) is 0 Å². The number of fused-ring (bicyclic) bond motifs is 1. The molecule has 0 saturated carbocycles. The maximum atomic E-state index is 12.1. The highest BCUT2D eigenvalue weighted by atomic mass is 127. The molecule has 1 amide bonds. The van der Waals surface area contributed by atoms with E-state index < -0.39 is 5.91 Å². The van der Waals surface area contributed by atoms with Crippen molar-refractivity contribution in [1.82, 2.24) is 5.43 Å². The van der Waals surface area contributed by atoms with Crippen LogP contribution in [-0.4, -0.2) is 12.1 Å². The van der Waals surface area contributed by atoms with E-state index in [-0.39, 0.29) is 5.76 Å². The fourth-order valence-corrected chi connectivity index (χ4v) is 3.74. The van der Waals surface area contributed by atoms with Gasteiger partial charge < -0.3 is 4.42 Å². The number of hydrogen-bond donors (Lipinski definition) is 1. The molecule has 4 nitrogen and oxygen atoms in total. The highest BCUT2D eigenvalue weighted by Gasteiger charge is 2.14. The van der Waals surface area contributed by atoms with E-state index in [1.54, 1.807) is 30.3 Å². The van der Waals surface area contributed by atoms with E-state index >= 15 is 0 Å². The third kappa shape index (κ3) is 3.94. The molecule has 1 N–H and O–H groups in total. The molecule has 3 aromatic rings. The van der Waals surface area contributed by atoms with Gasteiger partial charge in [0.2, 0.25) is 0 Å². The summed E-state index contributed by atoms with van der Waals surface area (Å²) in [7, 11) is 0. The van der Waals surface area contributed by atoms with Crippen molar-refractivity contribution in [2.45, 2.75) is 0 Å². The molecule has 0 unspecified atom stereocenters. The monoisotopic (exact) mass is 502 g/mol. The molecule has 23 heavy (non-hydrogen) atoms. The summed E-state index contributed by atoms with van der Waals surface area (Å²) in [6.45, 7) is 0. The van der Waals surface area contributed by atoms with Crippen molar-refractivity contribution in [3.05, 3.63) is 66.9 Å². The second-order valence-corrected chi connectivity index (χ2v) is 7.18. The van der Waals surface area contributed by atoms with Crippen molar-refractivity contribution >= 4 is 73.2 Å². The summed E-state index contributed by atoms with van der Waals surface area (Å²) in [4.78, 5) is 12.1. The Morgan fingerprint density at radius 2 is 2.00 bits per heavy atom. The Kier molecular flexibility index (Phi) is 5.03. The van der Waals surface area contributed by atoms with Crippen LogP contribution < -0.4 is 5.43 Å². The standard InChI is InChI=1S/C16H9BrClIN2O2/c17-11-5-10-6-14(23-15(10)13(19)7-11)16(22)21-20-8-9-1-3-12(18)4-2-9/h1-8H,(H,21,22). The van der Waals surface area contributed by atoms with Gasteiger partial charge in [0.15, 0.2) is 5.76 Å². The Morgan fingerprint density at radius 1 is 1.26 bits per heavy atom. The molecule has 0 radical (unpaired) electrons. The molecule has 0 bridgehead atoms. The quantitative estimate of drug-likeness (QED) is 0.303. The molecule has 0 atom stereocenters. The van der Waals surface area contributed by atoms with Crippen LogP contribution in [0.25, 0.3) is 11.0 Å². The second-order valence-electron chi connectivity index (χ2n) is 4.67. The van der Waals surface area contributed by atoms with E-state index in [1.165, 1.54) is 6.21 Å². The topological polar surface area (TPSA) is 54.6 Å². The van der Waals surface area contributed by atoms with Gasteiger partial charge in [0.1, 0.15) is 5.58 Å². The molecule has 0 aliphatic rings. The minimum absolute atomic E-state index is 0.212. The first-order valence-corrected chi connectivity index (χ1v) is 8.75. The van der Waals surface area contributed by atoms with Crippen LogP contribution in [0.4, 0.5) is 0 Å². The van der Waals surface area contributed by atoms with Crippen molar-refractivity contribution in [3.63, 3.8) is 0 Å². The van der Waals surface area contributed by atoms with Crippen molar-refractivity contribution < 1.29 is 9.21 Å². The number of halogens is 3. The molecule has 0 saturated heterocycles. The molecule has 1 heterocycles. The van der Waals surface area contributed by atoms with Crippen molar-refractivity contribution in [2.75, 3.05) is 0 Å². The Hall–Kier alpha value is -1.38. The smallest absolute Gasteiger partial charge is 0.307 e. The van der Waals surface area contributed by atoms with Gasteiger partial charge in [-0.3, -0.25) is 4.79 Å². The molecule has 116 valence electrons. The molecule has 0 aliphatic carbocycles. The molecular weight excluding hydrogens is 494 g/mol. The first-order chi connectivity index (χ1) is 11.0. The van der Waals surface area contributed by atoms with E-state index in [9.17, 15) is 4.79 Å². The van der Waals surface area contributed by atoms with Gasteiger partial charge in [0, 0.05) is 14.9 Å². The minimum Gasteiger partial charge on any atom is -0.450 e. The summed E-state index contributed by atoms with van der Waals surface area (Å²) >= 11 is 11.4. The average Bonchev–Trinajstić information content (AvgIpc) is 2.93. The van der Waals surface area contributed by atoms with Gasteiger partial charge in [0.25, 0.3) is 0 Å². The molecule has 3 rings (SSSR count). The average molecular weight is 504 g/mol. The lowest BCUT2D eigenvalue weighted by molar-refractivity contribution is 0.0929. The maximum absolute atomic E-state index is 12.1. The van der Waals surface area contributed by atoms with Crippen LogP contribution in [-0.2, 0) is 0 Å². The lowest BCUT2D eigenvalue weighted by Gasteiger charge is -1.96. The number of benzene rings is 2. The zero-order chi connectivity index (χ0) is 16.4. The number of nitrogens with one attached hydrogen (secondary N) is 1. The fourth-order valence-electron chi connectivity index (χ4n) is 1.96. The Morgan fingerprint density at radius 3 is 2.74 bits per heavy atom. The molecule has 2 aromatic carbocycles. The summed E-state index contributed by atoms with van der Waals surface area (Å²) in [5.41, 5.74) is 3.96. The van der Waals surface area contributed by atoms with Crippen LogP contribution >= 0.6 is 50.1 Å². The third-order valence-corrected chi connectivity index (χ3v) is 4.52. The maximum Gasteiger partial charge on any atom is 0.307 e. The van der Waals surface area contributed by atoms with Gasteiger partial charge in [-0.1, -0.05) is 39.7 Å². The molecule has 0 aliphatic heterocycles. The lowest BCUT2D eigenvalue weighted by Crippen LogP contribution is -2.16. The molecular formula is C16H9BrClIN2O2. The van der Waals surface area contributed by atoms with E-state index in [0.717, 1.165) is 19.0 Å². The van der Waals surface area contributed by atoms with Gasteiger partial charge in [-0.05, 0) is 58.5 Å². The third-order valence-electron chi connectivity index (χ3n) is 3.01. The van der Waals surface area contributed by atoms with Gasteiger partial charge in [-0.2, -0.15) is 5.10 Å². The number of nitrogens with zero attached hydrogens (tertiary/aromatic N) is 1. The van der Waals surface area contributed by atoms with E-state index in [0.29, 0.717) is 10.6 Å². The number of carbonyl (C=O) groups excluding carboxylic acids is 1. The Bertz CT molecular complexity index is 906. The summed E-state index contributed by atoms with van der Waals surface area (Å²) in [5, 5.41) is 5.42. The summed E-state index contributed by atoms with van der Waals surface area (Å²) in [6, 6.07) is 12.6. The summed E-state index contributed by atoms with van der Waals surface area (Å²) in [5.74, 6) is -0.192. The number of hydrogen-bond acceptors (Lipinski definition) is 3. The van der Waals surface area contributed by atoms with Gasteiger partial charge in [0.05, 0.1) is 9.78 Å². The highest BCUT2D eigenvalue weighted by Crippen LogP contribution is 2.28. The normalized spacial score (nSPS) is 11.3. The predicted molar refractivity (Wildman–Crippen MR) is 103 cm³/mol. The number of carbonyl (C=O) groups is 1. The molecule has 7 heteroatoms. The van der Waals surface area contributed by atoms with Crippen LogP contribution in [0, 0.1) is 3.57 Å². The van der Waals surface area contributed by atoms with Gasteiger partial charge in [-0.15, -0.1) is 0 Å². The highest BCUT2D eigenvalue weighted by molar-refractivity contribution is 14.1. The van der Waals surface area contributed by atoms with E-state index in [1.807, 2.05) is 12.1 Å². The first-order valence-electron chi connectivity index (χ1n) is 6.50. The second kappa shape index (κ2) is 7.02. The van der Waals surface area contributed by atoms with E-state index in [2.05, 4.69) is 49.0 Å². The zero-order valence-corrected chi connectivity index (χ0v) is 16.0. The molecule has 0 spiro atoms. The molecule has 0 fully saturated rings. The fraction of sp³-hybridized carbons (Fsp3) is 0. The van der Waals surface area contributed by atoms with Crippen LogP contribution in [0.1, 0.15) is 16.1 Å². The summed E-state index contributed by atoms with van der Waals surface area (Å²) < 4.78 is 7.46. The Balaban J connectivity index is 1.75. The largest absolute Gasteiger partial charge is 0.450 e. The minimum atomic E-state index is -0.404. The number of hydrazone groups is 1. The predicted octanol–water partition coefficient (Wildman–Crippen LogP) is 5.22. The lowest BCUT2D eigenvalue weighted by atomic mass is 10.2. The number of furan rings is 1. The van der Waals surface area contributed by atoms with Crippen LogP contribution in [0.2, 0.25) is 5.02 Å². The van der Waals surface area contributed by atoms with Gasteiger partial charge in [-0.25, -0.2) is 5.43 Å². The van der Waals surface area contributed by atoms with Crippen molar-refractivity contribution in [1.29, 1.82) is 0 Å².